The summed E-state index contributed by atoms with van der Waals surface area (Å²) in [6.45, 7) is 0. The van der Waals surface area contributed by atoms with Crippen molar-refractivity contribution in [3.8, 4) is 0 Å². The highest BCUT2D eigenvalue weighted by Crippen LogP contribution is 2.21. The van der Waals surface area contributed by atoms with E-state index < -0.39 is 27.9 Å². The summed E-state index contributed by atoms with van der Waals surface area (Å²) in [5, 5.41) is 14.7. The second kappa shape index (κ2) is 5.57. The van der Waals surface area contributed by atoms with Crippen LogP contribution in [0.1, 0.15) is 10.4 Å². The molecule has 0 spiro atoms. The smallest absolute Gasteiger partial charge is 0.306 e. The van der Waals surface area contributed by atoms with E-state index in [2.05, 4.69) is 10.3 Å². The van der Waals surface area contributed by atoms with Crippen molar-refractivity contribution in [2.75, 3.05) is 5.32 Å². The molecule has 0 aliphatic rings. The summed E-state index contributed by atoms with van der Waals surface area (Å²) in [7, 11) is 0. The Bertz CT molecular complexity index is 997. The van der Waals surface area contributed by atoms with E-state index in [1.807, 2.05) is 0 Å². The van der Waals surface area contributed by atoms with Crippen molar-refractivity contribution >= 4 is 33.6 Å². The average Bonchev–Trinajstić information content (AvgIpc) is 2.98. The molecule has 0 saturated heterocycles. The quantitative estimate of drug-likeness (QED) is 0.583. The number of hydrogen-bond donors (Lipinski definition) is 1. The van der Waals surface area contributed by atoms with Crippen LogP contribution in [0, 0.1) is 15.9 Å². The van der Waals surface area contributed by atoms with Crippen LogP contribution >= 0.6 is 11.3 Å². The molecule has 116 valence electrons. The van der Waals surface area contributed by atoms with Crippen LogP contribution in [0.2, 0.25) is 0 Å². The van der Waals surface area contributed by atoms with Gasteiger partial charge in [-0.25, -0.2) is 4.98 Å². The Labute approximate surface area is 131 Å². The molecule has 0 bridgehead atoms. The predicted octanol–water partition coefficient (Wildman–Crippen LogP) is 2.06. The first kappa shape index (κ1) is 14.8. The zero-order chi connectivity index (χ0) is 16.6. The van der Waals surface area contributed by atoms with Crippen molar-refractivity contribution in [1.82, 2.24) is 9.38 Å². The van der Waals surface area contributed by atoms with Gasteiger partial charge in [-0.1, -0.05) is 0 Å². The largest absolute Gasteiger partial charge is 0.322 e. The fraction of sp³-hybridized carbons (Fsp3) is 0. The molecule has 0 saturated carbocycles. The van der Waals surface area contributed by atoms with Gasteiger partial charge in [-0.2, -0.15) is 4.39 Å². The number of nitrogens with one attached hydrogen (secondary N) is 1. The number of nitrogens with zero attached hydrogens (tertiary/aromatic N) is 3. The first-order valence-electron chi connectivity index (χ1n) is 6.17. The molecule has 0 atom stereocenters. The third-order valence-electron chi connectivity index (χ3n) is 2.99. The molecule has 0 unspecified atom stereocenters. The fourth-order valence-corrected chi connectivity index (χ4v) is 2.58. The predicted molar refractivity (Wildman–Crippen MR) is 80.3 cm³/mol. The lowest BCUT2D eigenvalue weighted by Crippen LogP contribution is -2.25. The van der Waals surface area contributed by atoms with E-state index in [4.69, 9.17) is 0 Å². The van der Waals surface area contributed by atoms with E-state index in [1.54, 1.807) is 5.38 Å². The molecule has 0 radical (unpaired) electrons. The van der Waals surface area contributed by atoms with Crippen LogP contribution < -0.4 is 10.9 Å². The summed E-state index contributed by atoms with van der Waals surface area (Å²) < 4.78 is 14.5. The highest BCUT2D eigenvalue weighted by Gasteiger charge is 2.18. The van der Waals surface area contributed by atoms with Crippen molar-refractivity contribution in [1.29, 1.82) is 0 Å². The maximum Gasteiger partial charge on any atom is 0.306 e. The summed E-state index contributed by atoms with van der Waals surface area (Å²) in [6.07, 6.45) is 2.61. The van der Waals surface area contributed by atoms with Gasteiger partial charge in [-0.05, 0) is 12.1 Å². The molecular weight excluding hydrogens is 327 g/mol. The van der Waals surface area contributed by atoms with E-state index >= 15 is 0 Å². The molecule has 2 aromatic heterocycles. The minimum Gasteiger partial charge on any atom is -0.322 e. The van der Waals surface area contributed by atoms with Gasteiger partial charge in [0.15, 0.2) is 4.96 Å². The third kappa shape index (κ3) is 2.66. The fourth-order valence-electron chi connectivity index (χ4n) is 1.91. The summed E-state index contributed by atoms with van der Waals surface area (Å²) in [5.41, 5.74) is -1.57. The van der Waals surface area contributed by atoms with Gasteiger partial charge >= 0.3 is 5.69 Å². The number of fused-ring (bicyclic) bond motifs is 1. The molecule has 8 nitrogen and oxygen atoms in total. The first-order valence-corrected chi connectivity index (χ1v) is 7.05. The second-order valence-corrected chi connectivity index (χ2v) is 5.28. The number of nitro benzene ring substituents is 1. The van der Waals surface area contributed by atoms with Crippen molar-refractivity contribution < 1.29 is 14.1 Å². The molecule has 0 fully saturated rings. The molecule has 1 N–H and O–H groups in total. The third-order valence-corrected chi connectivity index (χ3v) is 3.76. The van der Waals surface area contributed by atoms with Gasteiger partial charge in [0, 0.05) is 29.5 Å². The molecule has 2 heterocycles. The van der Waals surface area contributed by atoms with Crippen molar-refractivity contribution in [2.24, 2.45) is 0 Å². The van der Waals surface area contributed by atoms with Crippen molar-refractivity contribution in [3.63, 3.8) is 0 Å². The SMILES string of the molecule is O=C(Nc1ccc(F)c([N+](=O)[O-])c1)c1cnc2sccn2c1=O. The van der Waals surface area contributed by atoms with E-state index in [-0.39, 0.29) is 11.3 Å². The number of thiazole rings is 1. The summed E-state index contributed by atoms with van der Waals surface area (Å²) >= 11 is 1.24. The number of aromatic nitrogens is 2. The molecule has 0 aliphatic carbocycles. The van der Waals surface area contributed by atoms with Crippen molar-refractivity contribution in [3.05, 3.63) is 67.8 Å². The van der Waals surface area contributed by atoms with Crippen LogP contribution in [0.4, 0.5) is 15.8 Å². The van der Waals surface area contributed by atoms with E-state index in [9.17, 15) is 24.1 Å². The highest BCUT2D eigenvalue weighted by molar-refractivity contribution is 7.15. The minimum atomic E-state index is -1.02. The van der Waals surface area contributed by atoms with Crippen molar-refractivity contribution in [2.45, 2.75) is 0 Å². The number of halogens is 1. The maximum atomic E-state index is 13.3. The Hall–Kier alpha value is -3.14. The summed E-state index contributed by atoms with van der Waals surface area (Å²) in [5.74, 6) is -1.81. The Kier molecular flexibility index (Phi) is 3.58. The van der Waals surface area contributed by atoms with Gasteiger partial charge in [0.05, 0.1) is 4.92 Å². The maximum absolute atomic E-state index is 13.3. The number of amides is 1. The monoisotopic (exact) mass is 334 g/mol. The van der Waals surface area contributed by atoms with Crippen LogP contribution in [0.15, 0.2) is 40.8 Å². The number of carbonyl (C=O) groups is 1. The molecule has 3 rings (SSSR count). The molecule has 3 aromatic rings. The standard InChI is InChI=1S/C13H7FN4O4S/c14-9-2-1-7(5-10(9)18(21)22)16-11(19)8-6-15-13-17(12(8)20)3-4-23-13/h1-6H,(H,16,19). The average molecular weight is 334 g/mol. The molecule has 0 aliphatic heterocycles. The van der Waals surface area contributed by atoms with E-state index in [0.29, 0.717) is 4.96 Å². The van der Waals surface area contributed by atoms with Gasteiger partial charge in [0.2, 0.25) is 5.82 Å². The minimum absolute atomic E-state index is 0.00193. The number of carbonyl (C=O) groups excluding carboxylic acids is 1. The number of hydrogen-bond acceptors (Lipinski definition) is 6. The summed E-state index contributed by atoms with van der Waals surface area (Å²) in [6, 6.07) is 2.90. The lowest BCUT2D eigenvalue weighted by molar-refractivity contribution is -0.387. The number of nitro groups is 1. The van der Waals surface area contributed by atoms with Gasteiger partial charge in [-0.15, -0.1) is 11.3 Å². The number of rotatable bonds is 3. The van der Waals surface area contributed by atoms with Crippen LogP contribution in [0.3, 0.4) is 0 Å². The first-order chi connectivity index (χ1) is 11.0. The molecule has 10 heteroatoms. The number of anilines is 1. The Morgan fingerprint density at radius 3 is 2.96 bits per heavy atom. The van der Waals surface area contributed by atoms with Crippen LogP contribution in [-0.2, 0) is 0 Å². The van der Waals surface area contributed by atoms with Crippen LogP contribution in [-0.4, -0.2) is 20.2 Å². The lowest BCUT2D eigenvalue weighted by Gasteiger charge is -2.05. The topological polar surface area (TPSA) is 107 Å². The highest BCUT2D eigenvalue weighted by atomic mass is 32.1. The zero-order valence-corrected chi connectivity index (χ0v) is 12.0. The lowest BCUT2D eigenvalue weighted by atomic mass is 10.2. The van der Waals surface area contributed by atoms with Crippen LogP contribution in [0.5, 0.6) is 0 Å². The number of benzene rings is 1. The zero-order valence-electron chi connectivity index (χ0n) is 11.2. The van der Waals surface area contributed by atoms with Gasteiger partial charge < -0.3 is 5.32 Å². The van der Waals surface area contributed by atoms with E-state index in [1.165, 1.54) is 21.9 Å². The molecule has 1 aromatic carbocycles. The van der Waals surface area contributed by atoms with Gasteiger partial charge in [-0.3, -0.25) is 24.1 Å². The second-order valence-electron chi connectivity index (χ2n) is 4.41. The van der Waals surface area contributed by atoms with E-state index in [0.717, 1.165) is 24.4 Å². The van der Waals surface area contributed by atoms with Gasteiger partial charge in [0.25, 0.3) is 11.5 Å². The Balaban J connectivity index is 1.95. The van der Waals surface area contributed by atoms with Crippen LogP contribution in [0.25, 0.3) is 4.96 Å². The Morgan fingerprint density at radius 2 is 2.22 bits per heavy atom. The molecule has 1 amide bonds. The molecule has 23 heavy (non-hydrogen) atoms. The van der Waals surface area contributed by atoms with Gasteiger partial charge in [0.1, 0.15) is 5.56 Å². The summed E-state index contributed by atoms with van der Waals surface area (Å²) in [4.78, 5) is 38.5. The normalized spacial score (nSPS) is 10.7. The Morgan fingerprint density at radius 1 is 1.43 bits per heavy atom. The molecular formula is C13H7FN4O4S.